The lowest BCUT2D eigenvalue weighted by Gasteiger charge is -2.09. The van der Waals surface area contributed by atoms with Crippen LogP contribution in [0.25, 0.3) is 5.69 Å². The molecule has 0 aliphatic heterocycles. The lowest BCUT2D eigenvalue weighted by atomic mass is 10.1. The molecule has 3 rings (SSSR count). The van der Waals surface area contributed by atoms with Crippen LogP contribution in [0.5, 0.6) is 0 Å². The van der Waals surface area contributed by atoms with Crippen molar-refractivity contribution in [3.05, 3.63) is 84.2 Å². The van der Waals surface area contributed by atoms with E-state index in [9.17, 15) is 9.18 Å². The summed E-state index contributed by atoms with van der Waals surface area (Å²) in [6.07, 6.45) is 5.32. The number of nitrogens with zero attached hydrogens (tertiary/aromatic N) is 2. The average molecular weight is 295 g/mol. The third kappa shape index (κ3) is 3.03. The van der Waals surface area contributed by atoms with Gasteiger partial charge in [0.05, 0.1) is 17.8 Å². The van der Waals surface area contributed by atoms with Crippen LogP contribution in [0, 0.1) is 5.82 Å². The maximum Gasteiger partial charge on any atom is 0.254 e. The van der Waals surface area contributed by atoms with E-state index in [1.165, 1.54) is 12.1 Å². The van der Waals surface area contributed by atoms with Crippen LogP contribution < -0.4 is 5.32 Å². The normalized spacial score (nSPS) is 10.4. The van der Waals surface area contributed by atoms with E-state index >= 15 is 0 Å². The number of carbonyl (C=O) groups excluding carboxylic acids is 1. The smallest absolute Gasteiger partial charge is 0.254 e. The summed E-state index contributed by atoms with van der Waals surface area (Å²) in [5, 5.41) is 2.68. The molecule has 0 saturated carbocycles. The fourth-order valence-electron chi connectivity index (χ4n) is 2.12. The Bertz CT molecular complexity index is 770. The fraction of sp³-hybridized carbons (Fsp3) is 0.0588. The number of amides is 1. The summed E-state index contributed by atoms with van der Waals surface area (Å²) < 4.78 is 15.7. The summed E-state index contributed by atoms with van der Waals surface area (Å²) >= 11 is 0. The maximum absolute atomic E-state index is 13.9. The molecule has 0 atom stereocenters. The topological polar surface area (TPSA) is 46.9 Å². The molecule has 0 unspecified atom stereocenters. The first kappa shape index (κ1) is 14.0. The van der Waals surface area contributed by atoms with E-state index in [-0.39, 0.29) is 12.1 Å². The lowest BCUT2D eigenvalue weighted by Crippen LogP contribution is -2.24. The first-order valence-electron chi connectivity index (χ1n) is 6.85. The van der Waals surface area contributed by atoms with E-state index in [1.54, 1.807) is 24.4 Å². The van der Waals surface area contributed by atoms with Crippen molar-refractivity contribution in [3.8, 4) is 5.69 Å². The minimum Gasteiger partial charge on any atom is -0.346 e. The van der Waals surface area contributed by atoms with Crippen LogP contribution in [-0.2, 0) is 6.54 Å². The van der Waals surface area contributed by atoms with E-state index < -0.39 is 11.7 Å². The van der Waals surface area contributed by atoms with Crippen LogP contribution in [0.3, 0.4) is 0 Å². The van der Waals surface area contributed by atoms with Crippen LogP contribution >= 0.6 is 0 Å². The number of carbonyl (C=O) groups is 1. The number of pyridine rings is 1. The minimum atomic E-state index is -0.547. The molecule has 4 nitrogen and oxygen atoms in total. The molecule has 0 spiro atoms. The number of aromatic nitrogens is 2. The van der Waals surface area contributed by atoms with Crippen molar-refractivity contribution in [1.82, 2.24) is 14.9 Å². The van der Waals surface area contributed by atoms with Crippen LogP contribution in [0.15, 0.2) is 67.1 Å². The SMILES string of the molecule is O=C(NCc1ccccn1)c1cc(-n2cccc2)ccc1F. The zero-order chi connectivity index (χ0) is 15.4. The van der Waals surface area contributed by atoms with Gasteiger partial charge in [-0.05, 0) is 42.5 Å². The highest BCUT2D eigenvalue weighted by Crippen LogP contribution is 2.15. The second-order valence-electron chi connectivity index (χ2n) is 4.76. The third-order valence-corrected chi connectivity index (χ3v) is 3.25. The number of rotatable bonds is 4. The largest absolute Gasteiger partial charge is 0.346 e. The zero-order valence-electron chi connectivity index (χ0n) is 11.7. The van der Waals surface area contributed by atoms with Crippen LogP contribution in [0.1, 0.15) is 16.1 Å². The predicted molar refractivity (Wildman–Crippen MR) is 81.1 cm³/mol. The highest BCUT2D eigenvalue weighted by molar-refractivity contribution is 5.95. The Labute approximate surface area is 127 Å². The first-order valence-corrected chi connectivity index (χ1v) is 6.85. The van der Waals surface area contributed by atoms with Gasteiger partial charge >= 0.3 is 0 Å². The molecule has 5 heteroatoms. The van der Waals surface area contributed by atoms with Gasteiger partial charge in [0, 0.05) is 24.3 Å². The molecule has 2 aromatic heterocycles. The van der Waals surface area contributed by atoms with Crippen LogP contribution in [-0.4, -0.2) is 15.5 Å². The van der Waals surface area contributed by atoms with Gasteiger partial charge in [0.15, 0.2) is 0 Å². The Kier molecular flexibility index (Phi) is 3.96. The average Bonchev–Trinajstić information content (AvgIpc) is 3.08. The molecular weight excluding hydrogens is 281 g/mol. The summed E-state index contributed by atoms with van der Waals surface area (Å²) in [6.45, 7) is 0.257. The first-order chi connectivity index (χ1) is 10.7. The number of nitrogens with one attached hydrogen (secondary N) is 1. The van der Waals surface area contributed by atoms with Crippen molar-refractivity contribution < 1.29 is 9.18 Å². The van der Waals surface area contributed by atoms with Gasteiger partial charge < -0.3 is 9.88 Å². The van der Waals surface area contributed by atoms with E-state index in [0.717, 1.165) is 11.4 Å². The highest BCUT2D eigenvalue weighted by Gasteiger charge is 2.13. The summed E-state index contributed by atoms with van der Waals surface area (Å²) in [5.41, 5.74) is 1.47. The van der Waals surface area contributed by atoms with Crippen molar-refractivity contribution in [2.24, 2.45) is 0 Å². The molecule has 2 heterocycles. The van der Waals surface area contributed by atoms with Crippen molar-refractivity contribution in [1.29, 1.82) is 0 Å². The van der Waals surface area contributed by atoms with Crippen LogP contribution in [0.2, 0.25) is 0 Å². The Morgan fingerprint density at radius 2 is 1.95 bits per heavy atom. The van der Waals surface area contributed by atoms with Crippen molar-refractivity contribution in [3.63, 3.8) is 0 Å². The van der Waals surface area contributed by atoms with Gasteiger partial charge in [-0.3, -0.25) is 9.78 Å². The molecule has 3 aromatic rings. The predicted octanol–water partition coefficient (Wildman–Crippen LogP) is 2.94. The number of hydrogen-bond acceptors (Lipinski definition) is 2. The Morgan fingerprint density at radius 3 is 2.68 bits per heavy atom. The molecule has 0 radical (unpaired) electrons. The van der Waals surface area contributed by atoms with Crippen LogP contribution in [0.4, 0.5) is 4.39 Å². The highest BCUT2D eigenvalue weighted by atomic mass is 19.1. The van der Waals surface area contributed by atoms with E-state index in [4.69, 9.17) is 0 Å². The van der Waals surface area contributed by atoms with E-state index in [0.29, 0.717) is 0 Å². The number of hydrogen-bond donors (Lipinski definition) is 1. The molecule has 1 amide bonds. The summed E-state index contributed by atoms with van der Waals surface area (Å²) in [5.74, 6) is -1.01. The van der Waals surface area contributed by atoms with Gasteiger partial charge in [0.25, 0.3) is 5.91 Å². The Balaban J connectivity index is 1.78. The fourth-order valence-corrected chi connectivity index (χ4v) is 2.12. The third-order valence-electron chi connectivity index (χ3n) is 3.25. The summed E-state index contributed by atoms with van der Waals surface area (Å²) in [6, 6.07) is 13.6. The molecule has 1 N–H and O–H groups in total. The molecule has 0 aliphatic carbocycles. The zero-order valence-corrected chi connectivity index (χ0v) is 11.7. The molecule has 110 valence electrons. The molecular formula is C17H14FN3O. The van der Waals surface area contributed by atoms with E-state index in [2.05, 4.69) is 10.3 Å². The van der Waals surface area contributed by atoms with Gasteiger partial charge in [-0.25, -0.2) is 4.39 Å². The van der Waals surface area contributed by atoms with Gasteiger partial charge in [0.2, 0.25) is 0 Å². The number of halogens is 1. The molecule has 22 heavy (non-hydrogen) atoms. The molecule has 1 aromatic carbocycles. The Hall–Kier alpha value is -2.95. The number of benzene rings is 1. The summed E-state index contributed by atoms with van der Waals surface area (Å²) in [7, 11) is 0. The second-order valence-corrected chi connectivity index (χ2v) is 4.76. The van der Waals surface area contributed by atoms with Gasteiger partial charge in [-0.15, -0.1) is 0 Å². The van der Waals surface area contributed by atoms with Gasteiger partial charge in [0.1, 0.15) is 5.82 Å². The standard InChI is InChI=1S/C17H14FN3O/c18-16-7-6-14(21-9-3-4-10-21)11-15(16)17(22)20-12-13-5-1-2-8-19-13/h1-11H,12H2,(H,20,22). The summed E-state index contributed by atoms with van der Waals surface area (Å²) in [4.78, 5) is 16.3. The monoisotopic (exact) mass is 295 g/mol. The lowest BCUT2D eigenvalue weighted by molar-refractivity contribution is 0.0946. The minimum absolute atomic E-state index is 0.0159. The second kappa shape index (κ2) is 6.22. The van der Waals surface area contributed by atoms with Crippen molar-refractivity contribution in [2.75, 3.05) is 0 Å². The molecule has 0 fully saturated rings. The van der Waals surface area contributed by atoms with Crippen molar-refractivity contribution >= 4 is 5.91 Å². The van der Waals surface area contributed by atoms with E-state index in [1.807, 2.05) is 35.2 Å². The molecule has 0 bridgehead atoms. The van der Waals surface area contributed by atoms with Crippen molar-refractivity contribution in [2.45, 2.75) is 6.54 Å². The van der Waals surface area contributed by atoms with Gasteiger partial charge in [-0.2, -0.15) is 0 Å². The molecule has 0 aliphatic rings. The van der Waals surface area contributed by atoms with Gasteiger partial charge in [-0.1, -0.05) is 6.07 Å². The Morgan fingerprint density at radius 1 is 1.14 bits per heavy atom. The quantitative estimate of drug-likeness (QED) is 0.804. The maximum atomic E-state index is 13.9. The molecule has 0 saturated heterocycles.